The molecule has 1 fully saturated rings. The summed E-state index contributed by atoms with van der Waals surface area (Å²) in [7, 11) is 1.63. The number of carbonyl (C=O) groups excluding carboxylic acids is 2. The highest BCUT2D eigenvalue weighted by Gasteiger charge is 2.27. The van der Waals surface area contributed by atoms with Gasteiger partial charge in [-0.25, -0.2) is 0 Å². The van der Waals surface area contributed by atoms with Gasteiger partial charge in [0, 0.05) is 44.7 Å². The van der Waals surface area contributed by atoms with Crippen molar-refractivity contribution in [3.05, 3.63) is 35.4 Å². The molecule has 126 valence electrons. The lowest BCUT2D eigenvalue weighted by atomic mass is 9.93. The Kier molecular flexibility index (Phi) is 6.16. The highest BCUT2D eigenvalue weighted by atomic mass is 16.2. The van der Waals surface area contributed by atoms with E-state index in [4.69, 9.17) is 0 Å². The summed E-state index contributed by atoms with van der Waals surface area (Å²) < 4.78 is 0. The molecule has 1 aromatic carbocycles. The first-order chi connectivity index (χ1) is 11.0. The second-order valence-corrected chi connectivity index (χ2v) is 6.22. The molecule has 0 saturated carbocycles. The molecule has 1 heterocycles. The predicted molar refractivity (Wildman–Crippen MR) is 91.1 cm³/mol. The molecule has 0 aromatic heterocycles. The van der Waals surface area contributed by atoms with E-state index >= 15 is 0 Å². The molecule has 2 amide bonds. The van der Waals surface area contributed by atoms with Gasteiger partial charge in [-0.05, 0) is 30.0 Å². The van der Waals surface area contributed by atoms with Gasteiger partial charge in [0.25, 0.3) is 5.91 Å². The average Bonchev–Trinajstić information content (AvgIpc) is 2.59. The third-order valence-electron chi connectivity index (χ3n) is 4.57. The fourth-order valence-corrected chi connectivity index (χ4v) is 3.07. The molecule has 1 aliphatic heterocycles. The standard InChI is InChI=1S/C18H27N3O2/c1-4-17(22)21-10-9-16(13(2)12-21)20-11-14-5-7-15(8-6-14)18(23)19-3/h5-8,13,16,20H,4,9-12H2,1-3H3,(H,19,23)/t13-,16-/m1/s1. The smallest absolute Gasteiger partial charge is 0.251 e. The van der Waals surface area contributed by atoms with Crippen molar-refractivity contribution < 1.29 is 9.59 Å². The zero-order chi connectivity index (χ0) is 16.8. The van der Waals surface area contributed by atoms with Gasteiger partial charge in [-0.3, -0.25) is 9.59 Å². The van der Waals surface area contributed by atoms with Crippen LogP contribution < -0.4 is 10.6 Å². The van der Waals surface area contributed by atoms with Crippen LogP contribution in [0.2, 0.25) is 0 Å². The number of hydrogen-bond acceptors (Lipinski definition) is 3. The van der Waals surface area contributed by atoms with Crippen LogP contribution in [0, 0.1) is 5.92 Å². The van der Waals surface area contributed by atoms with Gasteiger partial charge in [-0.2, -0.15) is 0 Å². The Morgan fingerprint density at radius 2 is 1.96 bits per heavy atom. The van der Waals surface area contributed by atoms with Gasteiger partial charge < -0.3 is 15.5 Å². The molecule has 1 aromatic rings. The van der Waals surface area contributed by atoms with E-state index in [-0.39, 0.29) is 11.8 Å². The normalized spacial score (nSPS) is 21.1. The van der Waals surface area contributed by atoms with Crippen LogP contribution in [0.4, 0.5) is 0 Å². The van der Waals surface area contributed by atoms with Crippen LogP contribution in [0.25, 0.3) is 0 Å². The molecule has 0 aliphatic carbocycles. The van der Waals surface area contributed by atoms with Crippen molar-refractivity contribution in [3.63, 3.8) is 0 Å². The SMILES string of the molecule is CCC(=O)N1CC[C@@H](NCc2ccc(C(=O)NC)cc2)[C@H](C)C1. The first kappa shape index (κ1) is 17.5. The topological polar surface area (TPSA) is 61.4 Å². The molecule has 2 N–H and O–H groups in total. The molecular formula is C18H27N3O2. The first-order valence-electron chi connectivity index (χ1n) is 8.37. The van der Waals surface area contributed by atoms with Gasteiger partial charge in [0.15, 0.2) is 0 Å². The van der Waals surface area contributed by atoms with Crippen molar-refractivity contribution in [2.24, 2.45) is 5.92 Å². The third kappa shape index (κ3) is 4.55. The quantitative estimate of drug-likeness (QED) is 0.870. The van der Waals surface area contributed by atoms with Crippen LogP contribution in [0.1, 0.15) is 42.6 Å². The lowest BCUT2D eigenvalue weighted by Gasteiger charge is -2.37. The Balaban J connectivity index is 1.84. The maximum absolute atomic E-state index is 11.8. The number of nitrogens with zero attached hydrogens (tertiary/aromatic N) is 1. The van der Waals surface area contributed by atoms with Crippen molar-refractivity contribution >= 4 is 11.8 Å². The van der Waals surface area contributed by atoms with E-state index in [1.807, 2.05) is 36.1 Å². The van der Waals surface area contributed by atoms with Crippen LogP contribution in [0.3, 0.4) is 0 Å². The molecule has 2 atom stereocenters. The Hall–Kier alpha value is -1.88. The monoisotopic (exact) mass is 317 g/mol. The van der Waals surface area contributed by atoms with Gasteiger partial charge in [0.05, 0.1) is 0 Å². The summed E-state index contributed by atoms with van der Waals surface area (Å²) >= 11 is 0. The van der Waals surface area contributed by atoms with Crippen LogP contribution in [-0.2, 0) is 11.3 Å². The summed E-state index contributed by atoms with van der Waals surface area (Å²) in [4.78, 5) is 25.3. The van der Waals surface area contributed by atoms with E-state index in [1.54, 1.807) is 7.05 Å². The molecule has 1 aliphatic rings. The largest absolute Gasteiger partial charge is 0.355 e. The van der Waals surface area contributed by atoms with Crippen molar-refractivity contribution in [1.29, 1.82) is 0 Å². The average molecular weight is 317 g/mol. The van der Waals surface area contributed by atoms with Crippen LogP contribution in [-0.4, -0.2) is 42.9 Å². The molecular weight excluding hydrogens is 290 g/mol. The third-order valence-corrected chi connectivity index (χ3v) is 4.57. The van der Waals surface area contributed by atoms with E-state index in [9.17, 15) is 9.59 Å². The van der Waals surface area contributed by atoms with Crippen LogP contribution in [0.5, 0.6) is 0 Å². The molecule has 23 heavy (non-hydrogen) atoms. The Bertz CT molecular complexity index is 542. The maximum Gasteiger partial charge on any atom is 0.251 e. The minimum atomic E-state index is -0.0638. The van der Waals surface area contributed by atoms with Gasteiger partial charge in [-0.15, -0.1) is 0 Å². The zero-order valence-corrected chi connectivity index (χ0v) is 14.3. The molecule has 0 bridgehead atoms. The van der Waals surface area contributed by atoms with E-state index < -0.39 is 0 Å². The fraction of sp³-hybridized carbons (Fsp3) is 0.556. The second kappa shape index (κ2) is 8.11. The zero-order valence-electron chi connectivity index (χ0n) is 14.3. The number of amides is 2. The van der Waals surface area contributed by atoms with Crippen molar-refractivity contribution in [1.82, 2.24) is 15.5 Å². The summed E-state index contributed by atoms with van der Waals surface area (Å²) in [6, 6.07) is 8.09. The van der Waals surface area contributed by atoms with Gasteiger partial charge in [0.2, 0.25) is 5.91 Å². The molecule has 5 heteroatoms. The highest BCUT2D eigenvalue weighted by molar-refractivity contribution is 5.93. The fourth-order valence-electron chi connectivity index (χ4n) is 3.07. The molecule has 1 saturated heterocycles. The Morgan fingerprint density at radius 1 is 1.26 bits per heavy atom. The summed E-state index contributed by atoms with van der Waals surface area (Å²) in [5.74, 6) is 0.635. The summed E-state index contributed by atoms with van der Waals surface area (Å²) in [5.41, 5.74) is 1.84. The maximum atomic E-state index is 11.8. The first-order valence-corrected chi connectivity index (χ1v) is 8.37. The number of piperidine rings is 1. The lowest BCUT2D eigenvalue weighted by molar-refractivity contribution is -0.132. The van der Waals surface area contributed by atoms with E-state index in [0.717, 1.165) is 31.6 Å². The van der Waals surface area contributed by atoms with Crippen LogP contribution in [0.15, 0.2) is 24.3 Å². The minimum Gasteiger partial charge on any atom is -0.355 e. The van der Waals surface area contributed by atoms with Gasteiger partial charge in [-0.1, -0.05) is 26.0 Å². The number of likely N-dealkylation sites (tertiary alicyclic amines) is 1. The Labute approximate surface area is 138 Å². The minimum absolute atomic E-state index is 0.0638. The van der Waals surface area contributed by atoms with Gasteiger partial charge >= 0.3 is 0 Å². The number of hydrogen-bond donors (Lipinski definition) is 2. The van der Waals surface area contributed by atoms with Crippen molar-refractivity contribution in [2.45, 2.75) is 39.3 Å². The molecule has 0 unspecified atom stereocenters. The molecule has 5 nitrogen and oxygen atoms in total. The van der Waals surface area contributed by atoms with Crippen LogP contribution >= 0.6 is 0 Å². The Morgan fingerprint density at radius 3 is 2.52 bits per heavy atom. The molecule has 0 spiro atoms. The van der Waals surface area contributed by atoms with Gasteiger partial charge in [0.1, 0.15) is 0 Å². The number of benzene rings is 1. The van der Waals surface area contributed by atoms with E-state index in [0.29, 0.717) is 23.9 Å². The highest BCUT2D eigenvalue weighted by Crippen LogP contribution is 2.18. The summed E-state index contributed by atoms with van der Waals surface area (Å²) in [5, 5.41) is 6.21. The number of rotatable bonds is 5. The predicted octanol–water partition coefficient (Wildman–Crippen LogP) is 1.78. The molecule has 0 radical (unpaired) electrons. The van der Waals surface area contributed by atoms with E-state index in [1.165, 1.54) is 0 Å². The summed E-state index contributed by atoms with van der Waals surface area (Å²) in [6.07, 6.45) is 1.58. The van der Waals surface area contributed by atoms with Crippen molar-refractivity contribution in [3.8, 4) is 0 Å². The molecule has 2 rings (SSSR count). The number of carbonyl (C=O) groups is 2. The summed E-state index contributed by atoms with van der Waals surface area (Å²) in [6.45, 7) is 6.57. The van der Waals surface area contributed by atoms with Crippen molar-refractivity contribution in [2.75, 3.05) is 20.1 Å². The lowest BCUT2D eigenvalue weighted by Crippen LogP contribution is -2.49. The number of nitrogens with one attached hydrogen (secondary N) is 2. The second-order valence-electron chi connectivity index (χ2n) is 6.22. The van der Waals surface area contributed by atoms with E-state index in [2.05, 4.69) is 17.6 Å².